The minimum absolute atomic E-state index is 0.0329. The van der Waals surface area contributed by atoms with E-state index in [1.54, 1.807) is 5.32 Å². The maximum Gasteiger partial charge on any atom is 0.463 e. The number of carbonyl (C=O) groups is 3. The zero-order valence-corrected chi connectivity index (χ0v) is 7.73. The molecule has 0 heterocycles. The molecule has 0 fully saturated rings. The smallest absolute Gasteiger partial charge is 0.457 e. The molecule has 1 N–H and O–H groups in total. The predicted octanol–water partition coefficient (Wildman–Crippen LogP) is -1.12. The van der Waals surface area contributed by atoms with Crippen molar-refractivity contribution in [2.45, 2.75) is 13.8 Å². The Balaban J connectivity index is 4.59. The Bertz CT molecular complexity index is 317. The monoisotopic (exact) mass is 200 g/mol. The molecule has 76 valence electrons. The summed E-state index contributed by atoms with van der Waals surface area (Å²) in [6, 6.07) is 0. The van der Waals surface area contributed by atoms with Gasteiger partial charge in [0.1, 0.15) is 0 Å². The van der Waals surface area contributed by atoms with E-state index < -0.39 is 23.5 Å². The number of rotatable bonds is 3. The first-order valence-corrected chi connectivity index (χ1v) is 3.74. The lowest BCUT2D eigenvalue weighted by atomic mass is 10.3. The van der Waals surface area contributed by atoms with Gasteiger partial charge in [-0.15, -0.1) is 0 Å². The summed E-state index contributed by atoms with van der Waals surface area (Å²) in [5, 5.41) is 1.76. The zero-order chi connectivity index (χ0) is 11.1. The average molecular weight is 200 g/mol. The van der Waals surface area contributed by atoms with E-state index in [2.05, 4.69) is 9.53 Å². The fourth-order valence-electron chi connectivity index (χ4n) is 0.597. The predicted molar refractivity (Wildman–Crippen MR) is 44.1 cm³/mol. The molecular weight excluding hydrogens is 191 g/mol. The van der Waals surface area contributed by atoms with Gasteiger partial charge >= 0.3 is 17.6 Å². The summed E-state index contributed by atoms with van der Waals surface area (Å²) >= 11 is 0. The normalized spacial score (nSPS) is 8.43. The van der Waals surface area contributed by atoms with Crippen LogP contribution in [0.25, 0.3) is 5.53 Å². The first-order valence-electron chi connectivity index (χ1n) is 3.74. The van der Waals surface area contributed by atoms with Crippen molar-refractivity contribution in [2.24, 2.45) is 0 Å². The van der Waals surface area contributed by atoms with Crippen molar-refractivity contribution in [2.75, 3.05) is 6.61 Å². The Kier molecular flexibility index (Phi) is 4.80. The molecular formula is C7H9N3O4. The molecule has 14 heavy (non-hydrogen) atoms. The first-order chi connectivity index (χ1) is 6.52. The van der Waals surface area contributed by atoms with Crippen LogP contribution >= 0.6 is 0 Å². The quantitative estimate of drug-likeness (QED) is 0.155. The zero-order valence-electron chi connectivity index (χ0n) is 7.73. The number of nitrogens with one attached hydrogen (secondary N) is 1. The van der Waals surface area contributed by atoms with E-state index in [-0.39, 0.29) is 6.61 Å². The molecule has 0 radical (unpaired) electrons. The molecule has 0 unspecified atom stereocenters. The molecule has 0 aromatic carbocycles. The highest BCUT2D eigenvalue weighted by molar-refractivity contribution is 6.62. The van der Waals surface area contributed by atoms with Gasteiger partial charge in [-0.05, 0) is 6.92 Å². The molecule has 0 aromatic rings. The fraction of sp³-hybridized carbons (Fsp3) is 0.429. The first kappa shape index (κ1) is 12.0. The van der Waals surface area contributed by atoms with Gasteiger partial charge in [0.05, 0.1) is 6.61 Å². The largest absolute Gasteiger partial charge is 0.463 e. The highest BCUT2D eigenvalue weighted by Crippen LogP contribution is 1.82. The van der Waals surface area contributed by atoms with Crippen LogP contribution in [-0.4, -0.2) is 34.9 Å². The molecule has 2 amide bonds. The van der Waals surface area contributed by atoms with E-state index in [0.29, 0.717) is 0 Å². The van der Waals surface area contributed by atoms with E-state index in [4.69, 9.17) is 5.53 Å². The van der Waals surface area contributed by atoms with Crippen LogP contribution in [-0.2, 0) is 19.1 Å². The Labute approximate surface area is 79.7 Å². The molecule has 0 aliphatic rings. The van der Waals surface area contributed by atoms with Crippen molar-refractivity contribution in [1.29, 1.82) is 0 Å². The van der Waals surface area contributed by atoms with Gasteiger partial charge in [-0.1, -0.05) is 0 Å². The van der Waals surface area contributed by atoms with Crippen LogP contribution in [0.3, 0.4) is 0 Å². The average Bonchev–Trinajstić information content (AvgIpc) is 2.04. The minimum atomic E-state index is -1.10. The van der Waals surface area contributed by atoms with Crippen molar-refractivity contribution in [3.05, 3.63) is 5.53 Å². The molecule has 0 aliphatic heterocycles. The highest BCUT2D eigenvalue weighted by Gasteiger charge is 2.31. The van der Waals surface area contributed by atoms with Crippen molar-refractivity contribution in [3.63, 3.8) is 0 Å². The topological polar surface area (TPSA) is 109 Å². The minimum Gasteiger partial charge on any atom is -0.457 e. The number of hydrogen-bond donors (Lipinski definition) is 1. The van der Waals surface area contributed by atoms with E-state index in [9.17, 15) is 14.4 Å². The third kappa shape index (κ3) is 3.59. The van der Waals surface area contributed by atoms with Crippen LogP contribution in [0, 0.1) is 0 Å². The Hall–Kier alpha value is -2.01. The second kappa shape index (κ2) is 5.60. The van der Waals surface area contributed by atoms with E-state index in [0.717, 1.165) is 6.92 Å². The summed E-state index contributed by atoms with van der Waals surface area (Å²) in [6.07, 6.45) is 0. The number of carbonyl (C=O) groups excluding carboxylic acids is 3. The number of hydrogen-bond acceptors (Lipinski definition) is 4. The Morgan fingerprint density at radius 2 is 2.00 bits per heavy atom. The van der Waals surface area contributed by atoms with E-state index in [1.165, 1.54) is 6.92 Å². The molecule has 0 saturated heterocycles. The highest BCUT2D eigenvalue weighted by atomic mass is 16.5. The van der Waals surface area contributed by atoms with Crippen LogP contribution in [0.4, 0.5) is 0 Å². The number of ether oxygens (including phenoxy) is 1. The number of esters is 1. The second-order valence-electron chi connectivity index (χ2n) is 2.18. The lowest BCUT2D eigenvalue weighted by Crippen LogP contribution is -2.39. The van der Waals surface area contributed by atoms with Gasteiger partial charge in [0.2, 0.25) is 5.91 Å². The summed E-state index contributed by atoms with van der Waals surface area (Å²) in [5.41, 5.74) is 7.46. The molecule has 7 heteroatoms. The van der Waals surface area contributed by atoms with Gasteiger partial charge in [0.25, 0.3) is 0 Å². The van der Waals surface area contributed by atoms with Crippen LogP contribution < -0.4 is 5.32 Å². The molecule has 7 nitrogen and oxygen atoms in total. The van der Waals surface area contributed by atoms with Crippen molar-refractivity contribution in [1.82, 2.24) is 5.32 Å². The molecule has 0 aromatic heterocycles. The van der Waals surface area contributed by atoms with Gasteiger partial charge < -0.3 is 10.3 Å². The van der Waals surface area contributed by atoms with Gasteiger partial charge in [0, 0.05) is 6.92 Å². The summed E-state index contributed by atoms with van der Waals surface area (Å²) in [6.45, 7) is 2.64. The maximum absolute atomic E-state index is 11.0. The van der Waals surface area contributed by atoms with Crippen molar-refractivity contribution < 1.29 is 23.9 Å². The summed E-state index contributed by atoms with van der Waals surface area (Å²) in [4.78, 5) is 34.8. The van der Waals surface area contributed by atoms with Crippen LogP contribution in [0.15, 0.2) is 0 Å². The van der Waals surface area contributed by atoms with E-state index in [1.807, 2.05) is 0 Å². The lowest BCUT2D eigenvalue weighted by molar-refractivity contribution is -0.142. The van der Waals surface area contributed by atoms with Crippen LogP contribution in [0.5, 0.6) is 0 Å². The molecule has 0 spiro atoms. The standard InChI is InChI=1S/C7H9N3O4/c1-3-14-7(13)5(10-8)6(12)9-4(2)11/h3H2,1-2H3,(H,9,11,12)/i2+1. The number of nitrogens with zero attached hydrogens (tertiary/aromatic N) is 2. The molecule has 0 atom stereocenters. The van der Waals surface area contributed by atoms with Crippen molar-refractivity contribution in [3.8, 4) is 0 Å². The van der Waals surface area contributed by atoms with Gasteiger partial charge in [-0.3, -0.25) is 14.9 Å². The number of amides is 2. The SMILES string of the molecule is CCOC(=O)C(=[N+]=[N-])C(=O)NC([13CH3])=O. The van der Waals surface area contributed by atoms with Crippen LogP contribution in [0.2, 0.25) is 0 Å². The summed E-state index contributed by atoms with van der Waals surface area (Å²) in [7, 11) is 0. The van der Waals surface area contributed by atoms with E-state index >= 15 is 0 Å². The maximum atomic E-state index is 11.0. The molecule has 0 saturated carbocycles. The second-order valence-corrected chi connectivity index (χ2v) is 2.18. The van der Waals surface area contributed by atoms with Gasteiger partial charge in [-0.25, -0.2) is 4.79 Å². The summed E-state index contributed by atoms with van der Waals surface area (Å²) < 4.78 is 4.40. The van der Waals surface area contributed by atoms with Crippen LogP contribution in [0.1, 0.15) is 13.8 Å². The van der Waals surface area contributed by atoms with Gasteiger partial charge in [-0.2, -0.15) is 4.79 Å². The molecule has 0 rings (SSSR count). The van der Waals surface area contributed by atoms with Gasteiger partial charge in [0.15, 0.2) is 0 Å². The third-order valence-electron chi connectivity index (χ3n) is 1.07. The Morgan fingerprint density at radius 1 is 1.43 bits per heavy atom. The number of imide groups is 1. The molecule has 0 aliphatic carbocycles. The fourth-order valence-corrected chi connectivity index (χ4v) is 0.597. The Morgan fingerprint density at radius 3 is 2.36 bits per heavy atom. The molecule has 0 bridgehead atoms. The van der Waals surface area contributed by atoms with Crippen molar-refractivity contribution >= 4 is 23.5 Å². The third-order valence-corrected chi connectivity index (χ3v) is 1.07. The summed E-state index contributed by atoms with van der Waals surface area (Å²) in [5.74, 6) is -2.85. The lowest BCUT2D eigenvalue weighted by Gasteiger charge is -1.96.